The lowest BCUT2D eigenvalue weighted by Gasteiger charge is -2.40. The number of carbonyl (C=O) groups is 2. The van der Waals surface area contributed by atoms with Gasteiger partial charge in [-0.05, 0) is 129 Å². The van der Waals surface area contributed by atoms with Gasteiger partial charge in [-0.2, -0.15) is 0 Å². The van der Waals surface area contributed by atoms with Crippen LogP contribution in [-0.4, -0.2) is 25.2 Å². The van der Waals surface area contributed by atoms with Crippen molar-refractivity contribution in [2.24, 2.45) is 29.1 Å². The quantitative estimate of drug-likeness (QED) is 0.292. The minimum Gasteiger partial charge on any atom is -0.465 e. The Morgan fingerprint density at radius 3 is 1.65 bits per heavy atom. The van der Waals surface area contributed by atoms with Gasteiger partial charge in [0.25, 0.3) is 0 Å². The van der Waals surface area contributed by atoms with Crippen LogP contribution in [0.1, 0.15) is 70.2 Å². The van der Waals surface area contributed by atoms with Gasteiger partial charge < -0.3 is 9.47 Å². The van der Waals surface area contributed by atoms with Gasteiger partial charge in [0.2, 0.25) is 0 Å². The van der Waals surface area contributed by atoms with Gasteiger partial charge in [0.15, 0.2) is 5.41 Å². The van der Waals surface area contributed by atoms with Crippen LogP contribution >= 0.6 is 0 Å². The lowest BCUT2D eigenvalue weighted by Crippen LogP contribution is -2.34. The number of aryl methyl sites for hydroxylation is 2. The second-order valence-electron chi connectivity index (χ2n) is 14.8. The van der Waals surface area contributed by atoms with Crippen LogP contribution in [0.2, 0.25) is 0 Å². The largest absolute Gasteiger partial charge is 0.465 e. The maximum Gasteiger partial charge on any atom is 0.324 e. The van der Waals surface area contributed by atoms with Crippen LogP contribution in [0.3, 0.4) is 0 Å². The Labute approximate surface area is 248 Å². The van der Waals surface area contributed by atoms with Crippen molar-refractivity contribution in [1.29, 1.82) is 0 Å². The normalized spacial score (nSPS) is 33.5. The Balaban J connectivity index is 1.20. The van der Waals surface area contributed by atoms with E-state index in [4.69, 9.17) is 9.47 Å². The Bertz CT molecular complexity index is 2030. The molecular formula is C39H28O4. The van der Waals surface area contributed by atoms with Gasteiger partial charge in [0.1, 0.15) is 0 Å². The molecule has 43 heavy (non-hydrogen) atoms. The average Bonchev–Trinajstić information content (AvgIpc) is 3.30. The standard InChI is InChI=1S/C39H28O4/c1-3-42-37(40)39(38(41)43-4-2)35-19-11-17-9-15-7-13-5-6-14-8-16-10-18-12-20(36(35)39)28-27(19)31-25(17)23(15)29-21(13)22(14)30-24(16)26(18)32(28)34(31)33(29)30/h7-8,11-12,25-26,31-32,35-36H,3-6,9-10H2,1-2H3. The van der Waals surface area contributed by atoms with Crippen molar-refractivity contribution in [3.63, 3.8) is 0 Å². The molecule has 4 heteroatoms. The summed E-state index contributed by atoms with van der Waals surface area (Å²) in [5.41, 5.74) is 26.3. The molecule has 0 N–H and O–H groups in total. The number of carbonyl (C=O) groups excluding carboxylic acids is 2. The molecule has 0 aliphatic heterocycles. The highest BCUT2D eigenvalue weighted by molar-refractivity contribution is 6.13. The lowest BCUT2D eigenvalue weighted by molar-refractivity contribution is -0.165. The summed E-state index contributed by atoms with van der Waals surface area (Å²) in [6.07, 6.45) is 9.18. The number of hydrogen-bond acceptors (Lipinski definition) is 4. The molecule has 2 aromatic carbocycles. The highest BCUT2D eigenvalue weighted by Crippen LogP contribution is 2.81. The minimum absolute atomic E-state index is 0.205. The van der Waals surface area contributed by atoms with E-state index in [0.29, 0.717) is 23.7 Å². The third-order valence-electron chi connectivity index (χ3n) is 13.6. The average molecular weight is 561 g/mol. The predicted molar refractivity (Wildman–Crippen MR) is 158 cm³/mol. The Morgan fingerprint density at radius 2 is 1.19 bits per heavy atom. The molecule has 6 atom stereocenters. The lowest BCUT2D eigenvalue weighted by atomic mass is 9.62. The first-order valence-corrected chi connectivity index (χ1v) is 16.5. The fraction of sp³-hybridized carbons (Fsp3) is 0.385. The van der Waals surface area contributed by atoms with Crippen molar-refractivity contribution < 1.29 is 19.1 Å². The molecule has 0 bridgehead atoms. The van der Waals surface area contributed by atoms with E-state index >= 15 is 0 Å². The highest BCUT2D eigenvalue weighted by atomic mass is 16.6. The predicted octanol–water partition coefficient (Wildman–Crippen LogP) is 5.97. The zero-order chi connectivity index (χ0) is 28.0. The van der Waals surface area contributed by atoms with Gasteiger partial charge in [-0.25, -0.2) is 0 Å². The van der Waals surface area contributed by atoms with E-state index in [1.807, 2.05) is 13.8 Å². The molecule has 0 radical (unpaired) electrons. The second-order valence-corrected chi connectivity index (χ2v) is 14.8. The van der Waals surface area contributed by atoms with Crippen molar-refractivity contribution in [1.82, 2.24) is 0 Å². The summed E-state index contributed by atoms with van der Waals surface area (Å²) < 4.78 is 11.5. The zero-order valence-corrected chi connectivity index (χ0v) is 24.1. The fourth-order valence-corrected chi connectivity index (χ4v) is 12.8. The maximum atomic E-state index is 14.0. The Kier molecular flexibility index (Phi) is 3.12. The van der Waals surface area contributed by atoms with Crippen molar-refractivity contribution in [2.75, 3.05) is 13.2 Å². The number of fused-ring (bicyclic) bond motifs is 3. The number of benzene rings is 2. The van der Waals surface area contributed by atoms with Crippen LogP contribution in [0, 0.1) is 29.1 Å². The molecule has 0 amide bonds. The molecular weight excluding hydrogens is 532 g/mol. The second kappa shape index (κ2) is 6.18. The number of hydrogen-bond donors (Lipinski definition) is 0. The Morgan fingerprint density at radius 1 is 0.698 bits per heavy atom. The van der Waals surface area contributed by atoms with Crippen molar-refractivity contribution in [3.8, 4) is 11.1 Å². The number of rotatable bonds is 4. The molecule has 4 nitrogen and oxygen atoms in total. The molecule has 11 aliphatic carbocycles. The van der Waals surface area contributed by atoms with Crippen molar-refractivity contribution in [2.45, 2.75) is 51.4 Å². The maximum absolute atomic E-state index is 14.0. The van der Waals surface area contributed by atoms with E-state index in [0.717, 1.165) is 25.7 Å². The highest BCUT2D eigenvalue weighted by Gasteiger charge is 2.81. The molecule has 11 aliphatic rings. The van der Waals surface area contributed by atoms with Crippen molar-refractivity contribution >= 4 is 17.5 Å². The minimum atomic E-state index is -1.28. The summed E-state index contributed by atoms with van der Waals surface area (Å²) in [6.45, 7) is 4.20. The molecule has 2 aromatic rings. The monoisotopic (exact) mass is 560 g/mol. The zero-order valence-electron chi connectivity index (χ0n) is 24.1. The van der Waals surface area contributed by atoms with Gasteiger partial charge in [0.05, 0.1) is 13.2 Å². The number of esters is 2. The summed E-state index contributed by atoms with van der Waals surface area (Å²) in [5.74, 6) is 0.257. The van der Waals surface area contributed by atoms with E-state index in [1.165, 1.54) is 44.6 Å². The van der Waals surface area contributed by atoms with Crippen LogP contribution < -0.4 is 0 Å². The number of allylic oxidation sites excluding steroid dienone is 9. The molecule has 13 rings (SSSR count). The van der Waals surface area contributed by atoms with E-state index in [9.17, 15) is 9.59 Å². The van der Waals surface area contributed by atoms with Gasteiger partial charge in [-0.3, -0.25) is 9.59 Å². The molecule has 0 aromatic heterocycles. The summed E-state index contributed by atoms with van der Waals surface area (Å²) in [6, 6.07) is 5.14. The van der Waals surface area contributed by atoms with Crippen LogP contribution in [0.25, 0.3) is 16.7 Å². The van der Waals surface area contributed by atoms with E-state index in [-0.39, 0.29) is 25.0 Å². The van der Waals surface area contributed by atoms with Crippen LogP contribution in [-0.2, 0) is 44.7 Å². The summed E-state index contributed by atoms with van der Waals surface area (Å²) in [5, 5.41) is 0. The third-order valence-corrected chi connectivity index (χ3v) is 13.6. The topological polar surface area (TPSA) is 52.6 Å². The molecule has 208 valence electrons. The first-order valence-electron chi connectivity index (χ1n) is 16.5. The van der Waals surface area contributed by atoms with Gasteiger partial charge in [-0.15, -0.1) is 0 Å². The van der Waals surface area contributed by atoms with Crippen LogP contribution in [0.15, 0.2) is 63.3 Å². The molecule has 0 spiro atoms. The van der Waals surface area contributed by atoms with E-state index in [1.54, 1.807) is 55.7 Å². The SMILES string of the molecule is CCOC(=O)C1(C(=O)OCC)C2C3=C4C5=C(C=C6Cc7cc8c9c%10c7C6C5C5=C%10c6c-9c(cc7c6C(C(=C3)C7)C45)CC8)C21. The van der Waals surface area contributed by atoms with Gasteiger partial charge in [0, 0.05) is 35.5 Å². The first kappa shape index (κ1) is 21.7. The first-order chi connectivity index (χ1) is 21.1. The van der Waals surface area contributed by atoms with Gasteiger partial charge >= 0.3 is 11.9 Å². The van der Waals surface area contributed by atoms with Crippen molar-refractivity contribution in [3.05, 3.63) is 108 Å². The third kappa shape index (κ3) is 1.82. The van der Waals surface area contributed by atoms with Crippen LogP contribution in [0.4, 0.5) is 0 Å². The molecule has 0 saturated heterocycles. The summed E-state index contributed by atoms with van der Waals surface area (Å²) >= 11 is 0. The van der Waals surface area contributed by atoms with E-state index < -0.39 is 17.4 Å². The van der Waals surface area contributed by atoms with E-state index in [2.05, 4.69) is 24.3 Å². The molecule has 2 saturated carbocycles. The molecule has 0 heterocycles. The smallest absolute Gasteiger partial charge is 0.324 e. The van der Waals surface area contributed by atoms with Crippen LogP contribution in [0.5, 0.6) is 0 Å². The fourth-order valence-electron chi connectivity index (χ4n) is 12.8. The van der Waals surface area contributed by atoms with Gasteiger partial charge in [-0.1, -0.05) is 35.4 Å². The molecule has 6 unspecified atom stereocenters. The Hall–Kier alpha value is -3.92. The number of ether oxygens (including phenoxy) is 2. The molecule has 2 fully saturated rings. The summed E-state index contributed by atoms with van der Waals surface area (Å²) in [4.78, 5) is 28.0. The summed E-state index contributed by atoms with van der Waals surface area (Å²) in [7, 11) is 0.